The zero-order valence-corrected chi connectivity index (χ0v) is 13.4. The monoisotopic (exact) mass is 339 g/mol. The van der Waals surface area contributed by atoms with Crippen LogP contribution in [0, 0.1) is 5.92 Å². The van der Waals surface area contributed by atoms with Gasteiger partial charge in [-0.05, 0) is 30.9 Å². The van der Waals surface area contributed by atoms with E-state index in [0.717, 1.165) is 18.4 Å². The van der Waals surface area contributed by atoms with Gasteiger partial charge in [-0.15, -0.1) is 0 Å². The molecule has 1 aliphatic rings. The van der Waals surface area contributed by atoms with Crippen molar-refractivity contribution in [1.29, 1.82) is 0 Å². The van der Waals surface area contributed by atoms with Crippen molar-refractivity contribution in [3.05, 3.63) is 54.2 Å². The van der Waals surface area contributed by atoms with Gasteiger partial charge in [-0.3, -0.25) is 9.59 Å². The zero-order valence-electron chi connectivity index (χ0n) is 13.4. The second-order valence-electron chi connectivity index (χ2n) is 6.19. The first-order valence-corrected chi connectivity index (χ1v) is 8.12. The first-order chi connectivity index (χ1) is 12.2. The lowest BCUT2D eigenvalue weighted by Gasteiger charge is -2.35. The third-order valence-electron chi connectivity index (χ3n) is 4.46. The van der Waals surface area contributed by atoms with Gasteiger partial charge in [0.15, 0.2) is 5.69 Å². The van der Waals surface area contributed by atoms with E-state index in [2.05, 4.69) is 25.4 Å². The predicted octanol–water partition coefficient (Wildman–Crippen LogP) is 1.26. The van der Waals surface area contributed by atoms with E-state index in [9.17, 15) is 9.59 Å². The zero-order chi connectivity index (χ0) is 17.2. The van der Waals surface area contributed by atoms with Crippen LogP contribution >= 0.6 is 0 Å². The van der Waals surface area contributed by atoms with Gasteiger partial charge in [0.05, 0.1) is 17.3 Å². The topological polar surface area (TPSA) is 102 Å². The van der Waals surface area contributed by atoms with Crippen LogP contribution in [0.15, 0.2) is 47.4 Å². The van der Waals surface area contributed by atoms with Gasteiger partial charge in [0, 0.05) is 24.8 Å². The van der Waals surface area contributed by atoms with Crippen molar-refractivity contribution in [2.45, 2.75) is 18.9 Å². The maximum Gasteiger partial charge on any atom is 0.273 e. The largest absolute Gasteiger partial charge is 0.364 e. The molecular formula is C17H17N5O3. The molecule has 3 aromatic rings. The standard InChI is InChI=1S/C17H17N5O3/c23-16(13-10-19-22-5-2-1-3-15(13)22)18-9-11-7-12(8-11)20-17(24)14-4-6-25-21-14/h1-6,10-12H,7-9H2,(H,18,23)(H,20,24). The summed E-state index contributed by atoms with van der Waals surface area (Å²) in [6, 6.07) is 7.25. The van der Waals surface area contributed by atoms with Gasteiger partial charge in [-0.2, -0.15) is 5.10 Å². The molecule has 0 atom stereocenters. The van der Waals surface area contributed by atoms with Gasteiger partial charge in [-0.1, -0.05) is 11.2 Å². The molecule has 0 saturated heterocycles. The molecule has 0 spiro atoms. The van der Waals surface area contributed by atoms with Crippen molar-refractivity contribution in [2.75, 3.05) is 6.54 Å². The molecule has 128 valence electrons. The molecule has 0 bridgehead atoms. The Labute approximate surface area is 143 Å². The van der Waals surface area contributed by atoms with Gasteiger partial charge in [-0.25, -0.2) is 4.52 Å². The highest BCUT2D eigenvalue weighted by Crippen LogP contribution is 2.27. The summed E-state index contributed by atoms with van der Waals surface area (Å²) < 4.78 is 6.33. The summed E-state index contributed by atoms with van der Waals surface area (Å²) in [6.45, 7) is 0.583. The molecule has 8 nitrogen and oxygen atoms in total. The smallest absolute Gasteiger partial charge is 0.273 e. The van der Waals surface area contributed by atoms with E-state index in [4.69, 9.17) is 0 Å². The number of carbonyl (C=O) groups is 2. The number of carbonyl (C=O) groups excluding carboxylic acids is 2. The van der Waals surface area contributed by atoms with Crippen LogP contribution in [0.25, 0.3) is 5.52 Å². The van der Waals surface area contributed by atoms with Gasteiger partial charge < -0.3 is 15.2 Å². The molecule has 8 heteroatoms. The van der Waals surface area contributed by atoms with E-state index in [-0.39, 0.29) is 23.6 Å². The molecule has 0 radical (unpaired) electrons. The predicted molar refractivity (Wildman–Crippen MR) is 88.0 cm³/mol. The number of nitrogens with one attached hydrogen (secondary N) is 2. The fourth-order valence-electron chi connectivity index (χ4n) is 3.05. The Kier molecular flexibility index (Phi) is 3.93. The van der Waals surface area contributed by atoms with Gasteiger partial charge in [0.2, 0.25) is 0 Å². The van der Waals surface area contributed by atoms with Crippen LogP contribution in [-0.2, 0) is 0 Å². The van der Waals surface area contributed by atoms with E-state index in [1.807, 2.05) is 18.2 Å². The second-order valence-corrected chi connectivity index (χ2v) is 6.19. The van der Waals surface area contributed by atoms with Gasteiger partial charge >= 0.3 is 0 Å². The fraction of sp³-hybridized carbons (Fsp3) is 0.294. The first kappa shape index (κ1) is 15.4. The minimum Gasteiger partial charge on any atom is -0.364 e. The van der Waals surface area contributed by atoms with Gasteiger partial charge in [0.1, 0.15) is 6.26 Å². The van der Waals surface area contributed by atoms with Crippen LogP contribution in [0.3, 0.4) is 0 Å². The van der Waals surface area contributed by atoms with E-state index >= 15 is 0 Å². The number of aromatic nitrogens is 3. The van der Waals surface area contributed by atoms with Crippen molar-refractivity contribution < 1.29 is 14.1 Å². The Morgan fingerprint density at radius 3 is 2.92 bits per heavy atom. The van der Waals surface area contributed by atoms with Crippen molar-refractivity contribution in [2.24, 2.45) is 5.92 Å². The quantitative estimate of drug-likeness (QED) is 0.729. The van der Waals surface area contributed by atoms with E-state index in [1.54, 1.807) is 16.9 Å². The summed E-state index contributed by atoms with van der Waals surface area (Å²) in [5, 5.41) is 13.6. The molecule has 0 aromatic carbocycles. The molecule has 1 aliphatic carbocycles. The molecule has 3 heterocycles. The highest BCUT2D eigenvalue weighted by atomic mass is 16.5. The molecule has 0 aliphatic heterocycles. The Morgan fingerprint density at radius 2 is 2.12 bits per heavy atom. The summed E-state index contributed by atoms with van der Waals surface area (Å²) in [7, 11) is 0. The molecule has 2 N–H and O–H groups in total. The lowest BCUT2D eigenvalue weighted by atomic mass is 9.80. The summed E-state index contributed by atoms with van der Waals surface area (Å²) in [4.78, 5) is 24.2. The summed E-state index contributed by atoms with van der Waals surface area (Å²) >= 11 is 0. The van der Waals surface area contributed by atoms with Crippen LogP contribution < -0.4 is 10.6 Å². The van der Waals surface area contributed by atoms with Crippen molar-refractivity contribution in [1.82, 2.24) is 25.4 Å². The van der Waals surface area contributed by atoms with E-state index in [0.29, 0.717) is 18.0 Å². The molecule has 4 rings (SSSR count). The van der Waals surface area contributed by atoms with Crippen molar-refractivity contribution >= 4 is 17.3 Å². The fourth-order valence-corrected chi connectivity index (χ4v) is 3.05. The highest BCUT2D eigenvalue weighted by molar-refractivity contribution is 6.00. The van der Waals surface area contributed by atoms with Crippen LogP contribution in [0.4, 0.5) is 0 Å². The van der Waals surface area contributed by atoms with Crippen molar-refractivity contribution in [3.63, 3.8) is 0 Å². The lowest BCUT2D eigenvalue weighted by Crippen LogP contribution is -2.47. The molecule has 0 unspecified atom stereocenters. The Bertz CT molecular complexity index is 896. The number of amides is 2. The van der Waals surface area contributed by atoms with E-state index in [1.165, 1.54) is 12.3 Å². The Morgan fingerprint density at radius 1 is 1.24 bits per heavy atom. The molecular weight excluding hydrogens is 322 g/mol. The minimum atomic E-state index is -0.229. The molecule has 3 aromatic heterocycles. The third-order valence-corrected chi connectivity index (χ3v) is 4.46. The Hall–Kier alpha value is -3.16. The average Bonchev–Trinajstić information content (AvgIpc) is 3.25. The second kappa shape index (κ2) is 6.39. The number of pyridine rings is 1. The number of fused-ring (bicyclic) bond motifs is 1. The lowest BCUT2D eigenvalue weighted by molar-refractivity contribution is 0.0857. The average molecular weight is 339 g/mol. The number of nitrogens with zero attached hydrogens (tertiary/aromatic N) is 3. The Balaban J connectivity index is 1.25. The highest BCUT2D eigenvalue weighted by Gasteiger charge is 2.31. The molecule has 1 saturated carbocycles. The SMILES string of the molecule is O=C(NC1CC(CNC(=O)c2cnn3ccccc23)C1)c1ccon1. The molecule has 2 amide bonds. The van der Waals surface area contributed by atoms with Crippen molar-refractivity contribution in [3.8, 4) is 0 Å². The van der Waals surface area contributed by atoms with Gasteiger partial charge in [0.25, 0.3) is 11.8 Å². The maximum absolute atomic E-state index is 12.3. The minimum absolute atomic E-state index is 0.114. The molecule has 1 fully saturated rings. The molecule has 25 heavy (non-hydrogen) atoms. The normalized spacial score (nSPS) is 19.4. The number of rotatable bonds is 5. The first-order valence-electron chi connectivity index (χ1n) is 8.12. The van der Waals surface area contributed by atoms with E-state index < -0.39 is 0 Å². The third kappa shape index (κ3) is 3.10. The van der Waals surface area contributed by atoms with Crippen LogP contribution in [0.2, 0.25) is 0 Å². The summed E-state index contributed by atoms with van der Waals surface area (Å²) in [5.41, 5.74) is 1.63. The van der Waals surface area contributed by atoms with Crippen LogP contribution in [0.1, 0.15) is 33.7 Å². The summed E-state index contributed by atoms with van der Waals surface area (Å²) in [6.07, 6.45) is 6.41. The number of hydrogen-bond donors (Lipinski definition) is 2. The maximum atomic E-state index is 12.3. The van der Waals surface area contributed by atoms with Crippen LogP contribution in [-0.4, -0.2) is 39.2 Å². The summed E-state index contributed by atoms with van der Waals surface area (Å²) in [5.74, 6) is -0.00253. The van der Waals surface area contributed by atoms with Crippen LogP contribution in [0.5, 0.6) is 0 Å². The number of hydrogen-bond acceptors (Lipinski definition) is 5.